The molecular weight excluding hydrogens is 444 g/mol. The second-order valence-electron chi connectivity index (χ2n) is 6.96. The number of nitrogens with one attached hydrogen (secondary N) is 1. The molecule has 3 rings (SSSR count). The van der Waals surface area contributed by atoms with Crippen molar-refractivity contribution in [2.75, 3.05) is 39.2 Å². The van der Waals surface area contributed by atoms with Crippen molar-refractivity contribution in [3.8, 4) is 17.2 Å². The SMILES string of the molecule is COc1ccc(NC(=O)COc2ccc(S(=O)(=O)N3CCCCC3)cc2Cl)c(OC)c1. The number of piperidine rings is 1. The summed E-state index contributed by atoms with van der Waals surface area (Å²) in [7, 11) is -0.575. The van der Waals surface area contributed by atoms with Crippen LogP contribution in [-0.2, 0) is 14.8 Å². The molecule has 1 aliphatic heterocycles. The first-order chi connectivity index (χ1) is 14.8. The summed E-state index contributed by atoms with van der Waals surface area (Å²) in [5.74, 6) is 0.830. The Bertz CT molecular complexity index is 1040. The number of ether oxygens (including phenoxy) is 3. The van der Waals surface area contributed by atoms with Gasteiger partial charge >= 0.3 is 0 Å². The zero-order valence-corrected chi connectivity index (χ0v) is 19.0. The van der Waals surface area contributed by atoms with Gasteiger partial charge in [0.15, 0.2) is 6.61 Å². The summed E-state index contributed by atoms with van der Waals surface area (Å²) in [6, 6.07) is 9.25. The normalized spacial score (nSPS) is 14.7. The number of halogens is 1. The molecule has 1 heterocycles. The Kier molecular flexibility index (Phi) is 7.64. The molecular formula is C21H25ClN2O6S. The van der Waals surface area contributed by atoms with Crippen LogP contribution in [0.2, 0.25) is 5.02 Å². The molecule has 1 N–H and O–H groups in total. The Balaban J connectivity index is 1.64. The Hall–Kier alpha value is -2.49. The van der Waals surface area contributed by atoms with E-state index in [1.807, 2.05) is 0 Å². The molecule has 168 valence electrons. The van der Waals surface area contributed by atoms with Crippen LogP contribution >= 0.6 is 11.6 Å². The lowest BCUT2D eigenvalue weighted by atomic mass is 10.2. The highest BCUT2D eigenvalue weighted by Crippen LogP contribution is 2.31. The number of benzene rings is 2. The maximum absolute atomic E-state index is 12.8. The minimum Gasteiger partial charge on any atom is -0.497 e. The first-order valence-electron chi connectivity index (χ1n) is 9.79. The van der Waals surface area contributed by atoms with Crippen molar-refractivity contribution in [2.24, 2.45) is 0 Å². The number of rotatable bonds is 8. The molecule has 1 amide bonds. The fourth-order valence-electron chi connectivity index (χ4n) is 3.24. The number of hydrogen-bond donors (Lipinski definition) is 1. The molecule has 1 saturated heterocycles. The Labute approximate surface area is 187 Å². The summed E-state index contributed by atoms with van der Waals surface area (Å²) in [4.78, 5) is 12.4. The zero-order chi connectivity index (χ0) is 22.4. The van der Waals surface area contributed by atoms with Gasteiger partial charge in [-0.15, -0.1) is 0 Å². The van der Waals surface area contributed by atoms with Crippen LogP contribution in [0.15, 0.2) is 41.3 Å². The molecule has 0 aliphatic carbocycles. The van der Waals surface area contributed by atoms with Gasteiger partial charge in [-0.05, 0) is 43.2 Å². The van der Waals surface area contributed by atoms with Crippen LogP contribution in [0.4, 0.5) is 5.69 Å². The number of nitrogens with zero attached hydrogens (tertiary/aromatic N) is 1. The van der Waals surface area contributed by atoms with Crippen molar-refractivity contribution < 1.29 is 27.4 Å². The fraction of sp³-hybridized carbons (Fsp3) is 0.381. The Morgan fingerprint density at radius 2 is 1.77 bits per heavy atom. The molecule has 2 aromatic carbocycles. The maximum atomic E-state index is 12.8. The number of sulfonamides is 1. The highest BCUT2D eigenvalue weighted by atomic mass is 35.5. The standard InChI is InChI=1S/C21H25ClN2O6S/c1-28-15-6-8-18(20(12-15)29-2)23-21(25)14-30-19-9-7-16(13-17(19)22)31(26,27)24-10-4-3-5-11-24/h6-9,12-13H,3-5,10-11,14H2,1-2H3,(H,23,25). The van der Waals surface area contributed by atoms with Crippen molar-refractivity contribution in [1.29, 1.82) is 0 Å². The van der Waals surface area contributed by atoms with Gasteiger partial charge in [-0.25, -0.2) is 8.42 Å². The molecule has 0 spiro atoms. The molecule has 0 aromatic heterocycles. The van der Waals surface area contributed by atoms with E-state index in [4.69, 9.17) is 25.8 Å². The summed E-state index contributed by atoms with van der Waals surface area (Å²) < 4.78 is 42.9. The monoisotopic (exact) mass is 468 g/mol. The quantitative estimate of drug-likeness (QED) is 0.636. The van der Waals surface area contributed by atoms with Gasteiger partial charge in [-0.1, -0.05) is 18.0 Å². The van der Waals surface area contributed by atoms with Crippen molar-refractivity contribution in [3.63, 3.8) is 0 Å². The summed E-state index contributed by atoms with van der Waals surface area (Å²) in [5, 5.41) is 2.81. The first kappa shape index (κ1) is 23.2. The maximum Gasteiger partial charge on any atom is 0.262 e. The second-order valence-corrected chi connectivity index (χ2v) is 9.31. The van der Waals surface area contributed by atoms with Gasteiger partial charge in [-0.3, -0.25) is 4.79 Å². The molecule has 1 aliphatic rings. The molecule has 10 heteroatoms. The van der Waals surface area contributed by atoms with Gasteiger partial charge in [0, 0.05) is 19.2 Å². The van der Waals surface area contributed by atoms with Gasteiger partial charge in [0.1, 0.15) is 17.2 Å². The van der Waals surface area contributed by atoms with Crippen LogP contribution in [0.5, 0.6) is 17.2 Å². The van der Waals surface area contributed by atoms with E-state index >= 15 is 0 Å². The number of anilines is 1. The van der Waals surface area contributed by atoms with Gasteiger partial charge in [-0.2, -0.15) is 4.31 Å². The largest absolute Gasteiger partial charge is 0.497 e. The number of amides is 1. The predicted octanol–water partition coefficient (Wildman–Crippen LogP) is 3.55. The molecule has 31 heavy (non-hydrogen) atoms. The highest BCUT2D eigenvalue weighted by molar-refractivity contribution is 7.89. The molecule has 0 atom stereocenters. The summed E-state index contributed by atoms with van der Waals surface area (Å²) in [6.45, 7) is 0.702. The van der Waals surface area contributed by atoms with Crippen molar-refractivity contribution in [2.45, 2.75) is 24.2 Å². The van der Waals surface area contributed by atoms with E-state index in [1.54, 1.807) is 18.2 Å². The lowest BCUT2D eigenvalue weighted by Crippen LogP contribution is -2.35. The van der Waals surface area contributed by atoms with Crippen LogP contribution in [0.1, 0.15) is 19.3 Å². The van der Waals surface area contributed by atoms with E-state index in [0.29, 0.717) is 30.3 Å². The van der Waals surface area contributed by atoms with E-state index < -0.39 is 15.9 Å². The van der Waals surface area contributed by atoms with Crippen molar-refractivity contribution in [1.82, 2.24) is 4.31 Å². The third-order valence-electron chi connectivity index (χ3n) is 4.90. The lowest BCUT2D eigenvalue weighted by Gasteiger charge is -2.26. The molecule has 0 unspecified atom stereocenters. The third kappa shape index (κ3) is 5.61. The molecule has 0 saturated carbocycles. The lowest BCUT2D eigenvalue weighted by molar-refractivity contribution is -0.118. The molecule has 1 fully saturated rings. The van der Waals surface area contributed by atoms with E-state index in [0.717, 1.165) is 19.3 Å². The van der Waals surface area contributed by atoms with E-state index in [1.165, 1.54) is 36.7 Å². The summed E-state index contributed by atoms with van der Waals surface area (Å²) in [6.07, 6.45) is 2.73. The third-order valence-corrected chi connectivity index (χ3v) is 7.09. The number of hydrogen-bond acceptors (Lipinski definition) is 6. The van der Waals surface area contributed by atoms with Gasteiger partial charge < -0.3 is 19.5 Å². The number of carbonyl (C=O) groups is 1. The van der Waals surface area contributed by atoms with Gasteiger partial charge in [0.25, 0.3) is 5.91 Å². The van der Waals surface area contributed by atoms with Crippen LogP contribution in [-0.4, -0.2) is 52.5 Å². The number of carbonyl (C=O) groups excluding carboxylic acids is 1. The van der Waals surface area contributed by atoms with Crippen molar-refractivity contribution in [3.05, 3.63) is 41.4 Å². The van der Waals surface area contributed by atoms with Crippen LogP contribution < -0.4 is 19.5 Å². The van der Waals surface area contributed by atoms with Crippen LogP contribution in [0.3, 0.4) is 0 Å². The zero-order valence-electron chi connectivity index (χ0n) is 17.4. The molecule has 2 aromatic rings. The van der Waals surface area contributed by atoms with E-state index in [9.17, 15) is 13.2 Å². The predicted molar refractivity (Wildman–Crippen MR) is 118 cm³/mol. The highest BCUT2D eigenvalue weighted by Gasteiger charge is 2.26. The number of methoxy groups -OCH3 is 2. The molecule has 0 bridgehead atoms. The molecule has 0 radical (unpaired) electrons. The first-order valence-corrected chi connectivity index (χ1v) is 11.6. The average Bonchev–Trinajstić information content (AvgIpc) is 2.79. The summed E-state index contributed by atoms with van der Waals surface area (Å²) >= 11 is 6.23. The van der Waals surface area contributed by atoms with Crippen molar-refractivity contribution >= 4 is 33.2 Å². The topological polar surface area (TPSA) is 94.2 Å². The second kappa shape index (κ2) is 10.2. The van der Waals surface area contributed by atoms with E-state index in [2.05, 4.69) is 5.32 Å². The smallest absolute Gasteiger partial charge is 0.262 e. The van der Waals surface area contributed by atoms with Gasteiger partial charge in [0.05, 0.1) is 29.8 Å². The van der Waals surface area contributed by atoms with Crippen LogP contribution in [0.25, 0.3) is 0 Å². The Morgan fingerprint density at radius 1 is 1.03 bits per heavy atom. The van der Waals surface area contributed by atoms with Crippen LogP contribution in [0, 0.1) is 0 Å². The minimum atomic E-state index is -3.60. The average molecular weight is 469 g/mol. The Morgan fingerprint density at radius 3 is 2.42 bits per heavy atom. The summed E-state index contributed by atoms with van der Waals surface area (Å²) in [5.41, 5.74) is 0.464. The van der Waals surface area contributed by atoms with Gasteiger partial charge in [0.2, 0.25) is 10.0 Å². The molecule has 8 nitrogen and oxygen atoms in total. The fourth-order valence-corrected chi connectivity index (χ4v) is 5.09. The van der Waals surface area contributed by atoms with E-state index in [-0.39, 0.29) is 22.3 Å². The minimum absolute atomic E-state index is 0.110.